The third kappa shape index (κ3) is 5.06. The van der Waals surface area contributed by atoms with Gasteiger partial charge in [-0.2, -0.15) is 0 Å². The first-order valence-electron chi connectivity index (χ1n) is 12.0. The van der Waals surface area contributed by atoms with Crippen LogP contribution in [0.1, 0.15) is 25.6 Å². The molecule has 0 amide bonds. The molecule has 0 bridgehead atoms. The molecule has 0 radical (unpaired) electrons. The molecule has 180 valence electrons. The Balaban J connectivity index is 1.24. The van der Waals surface area contributed by atoms with Gasteiger partial charge in [0.15, 0.2) is 11.5 Å². The van der Waals surface area contributed by atoms with Gasteiger partial charge in [-0.1, -0.05) is 30.3 Å². The van der Waals surface area contributed by atoms with Crippen molar-refractivity contribution in [2.45, 2.75) is 20.0 Å². The highest BCUT2D eigenvalue weighted by molar-refractivity contribution is 6.04. The summed E-state index contributed by atoms with van der Waals surface area (Å²) >= 11 is 0. The summed E-state index contributed by atoms with van der Waals surface area (Å²) in [6, 6.07) is 26.3. The van der Waals surface area contributed by atoms with Crippen molar-refractivity contribution in [1.29, 1.82) is 0 Å². The average Bonchev–Trinajstić information content (AvgIpc) is 2.89. The molecular weight excluding hydrogens is 440 g/mol. The van der Waals surface area contributed by atoms with Crippen molar-refractivity contribution >= 4 is 22.1 Å². The molecule has 1 aliphatic heterocycles. The van der Waals surface area contributed by atoms with E-state index < -0.39 is 0 Å². The quantitative estimate of drug-likeness (QED) is 0.254. The highest BCUT2D eigenvalue weighted by atomic mass is 16.5. The van der Waals surface area contributed by atoms with E-state index >= 15 is 0 Å². The van der Waals surface area contributed by atoms with E-state index in [1.807, 2.05) is 50.2 Å². The molecule has 0 aromatic heterocycles. The smallest absolute Gasteiger partial charge is 0.161 e. The van der Waals surface area contributed by atoms with Gasteiger partial charge in [-0.05, 0) is 73.3 Å². The molecule has 1 aliphatic rings. The first-order valence-corrected chi connectivity index (χ1v) is 12.0. The van der Waals surface area contributed by atoms with Gasteiger partial charge in [-0.25, -0.2) is 0 Å². The van der Waals surface area contributed by atoms with Crippen molar-refractivity contribution in [3.63, 3.8) is 0 Å². The van der Waals surface area contributed by atoms with Crippen molar-refractivity contribution in [3.8, 4) is 23.0 Å². The zero-order valence-electron chi connectivity index (χ0n) is 20.0. The minimum atomic E-state index is -0.0771. The minimum absolute atomic E-state index is 0.0771. The summed E-state index contributed by atoms with van der Waals surface area (Å²) in [7, 11) is 0. The second kappa shape index (κ2) is 10.5. The standard InChI is InChI=1S/C29H30N2O4/c1-3-32-22-12-14-23(15-13-22)34-17-18-35-26-16-11-21(19-27(26)33-4-2)29-30-24-9-5-7-20-8-6-10-25(31-29)28(20)24/h5-16,19,29-31H,3-4,17-18H2,1-2H3. The maximum Gasteiger partial charge on any atom is 0.161 e. The Morgan fingerprint density at radius 3 is 1.91 bits per heavy atom. The molecule has 4 aromatic carbocycles. The van der Waals surface area contributed by atoms with Crippen molar-refractivity contribution in [2.24, 2.45) is 0 Å². The maximum absolute atomic E-state index is 6.00. The molecule has 0 saturated heterocycles. The van der Waals surface area contributed by atoms with Crippen LogP contribution in [-0.4, -0.2) is 26.4 Å². The number of hydrogen-bond acceptors (Lipinski definition) is 6. The number of ether oxygens (including phenoxy) is 4. The van der Waals surface area contributed by atoms with E-state index in [9.17, 15) is 0 Å². The molecule has 0 saturated carbocycles. The fourth-order valence-electron chi connectivity index (χ4n) is 4.30. The van der Waals surface area contributed by atoms with E-state index in [2.05, 4.69) is 53.1 Å². The highest BCUT2D eigenvalue weighted by Gasteiger charge is 2.21. The van der Waals surface area contributed by atoms with E-state index in [1.165, 1.54) is 10.8 Å². The van der Waals surface area contributed by atoms with E-state index in [0.717, 1.165) is 28.4 Å². The van der Waals surface area contributed by atoms with Gasteiger partial charge in [0.25, 0.3) is 0 Å². The summed E-state index contributed by atoms with van der Waals surface area (Å²) in [6.45, 7) is 5.96. The topological polar surface area (TPSA) is 61.0 Å². The summed E-state index contributed by atoms with van der Waals surface area (Å²) in [5, 5.41) is 9.65. The SMILES string of the molecule is CCOc1ccc(OCCOc2ccc(C3Nc4cccc5cccc(c45)N3)cc2OCC)cc1. The Kier molecular flexibility index (Phi) is 6.80. The van der Waals surface area contributed by atoms with Crippen LogP contribution in [0.3, 0.4) is 0 Å². The number of benzene rings is 4. The molecule has 35 heavy (non-hydrogen) atoms. The van der Waals surface area contributed by atoms with Gasteiger partial charge >= 0.3 is 0 Å². The van der Waals surface area contributed by atoms with Crippen LogP contribution in [0.4, 0.5) is 11.4 Å². The Morgan fingerprint density at radius 1 is 0.629 bits per heavy atom. The molecule has 0 unspecified atom stereocenters. The van der Waals surface area contributed by atoms with E-state index in [-0.39, 0.29) is 6.17 Å². The van der Waals surface area contributed by atoms with Crippen molar-refractivity contribution in [3.05, 3.63) is 84.4 Å². The number of hydrogen-bond donors (Lipinski definition) is 2. The lowest BCUT2D eigenvalue weighted by atomic mass is 10.0. The first kappa shape index (κ1) is 22.7. The summed E-state index contributed by atoms with van der Waals surface area (Å²) in [5.41, 5.74) is 3.30. The monoisotopic (exact) mass is 470 g/mol. The number of rotatable bonds is 10. The summed E-state index contributed by atoms with van der Waals surface area (Å²) in [5.74, 6) is 3.03. The Bertz CT molecular complexity index is 1250. The lowest BCUT2D eigenvalue weighted by Gasteiger charge is -2.30. The molecule has 5 rings (SSSR count). The van der Waals surface area contributed by atoms with Crippen molar-refractivity contribution < 1.29 is 18.9 Å². The Morgan fingerprint density at radius 2 is 1.26 bits per heavy atom. The second-order valence-electron chi connectivity index (χ2n) is 8.17. The van der Waals surface area contributed by atoms with Crippen LogP contribution < -0.4 is 29.6 Å². The van der Waals surface area contributed by atoms with Crippen LogP contribution in [0.15, 0.2) is 78.9 Å². The van der Waals surface area contributed by atoms with E-state index in [0.29, 0.717) is 37.9 Å². The summed E-state index contributed by atoms with van der Waals surface area (Å²) in [6.07, 6.45) is -0.0771. The van der Waals surface area contributed by atoms with Gasteiger partial charge in [0.1, 0.15) is 30.9 Å². The summed E-state index contributed by atoms with van der Waals surface area (Å²) in [4.78, 5) is 0. The van der Waals surface area contributed by atoms with Gasteiger partial charge in [0.2, 0.25) is 0 Å². The lowest BCUT2D eigenvalue weighted by Crippen LogP contribution is -2.23. The predicted octanol–water partition coefficient (Wildman–Crippen LogP) is 6.63. The molecule has 0 spiro atoms. The third-order valence-electron chi connectivity index (χ3n) is 5.85. The van der Waals surface area contributed by atoms with Crippen LogP contribution in [0.25, 0.3) is 10.8 Å². The molecule has 6 heteroatoms. The fourth-order valence-corrected chi connectivity index (χ4v) is 4.30. The van der Waals surface area contributed by atoms with Gasteiger partial charge in [-0.3, -0.25) is 0 Å². The minimum Gasteiger partial charge on any atom is -0.494 e. The van der Waals surface area contributed by atoms with Crippen LogP contribution in [-0.2, 0) is 0 Å². The Hall–Kier alpha value is -4.06. The van der Waals surface area contributed by atoms with Crippen molar-refractivity contribution in [1.82, 2.24) is 0 Å². The van der Waals surface area contributed by atoms with Gasteiger partial charge in [-0.15, -0.1) is 0 Å². The van der Waals surface area contributed by atoms with Crippen LogP contribution >= 0.6 is 0 Å². The molecule has 4 aromatic rings. The highest BCUT2D eigenvalue weighted by Crippen LogP contribution is 2.40. The first-order chi connectivity index (χ1) is 17.2. The zero-order valence-corrected chi connectivity index (χ0v) is 20.0. The predicted molar refractivity (Wildman–Crippen MR) is 140 cm³/mol. The molecule has 6 nitrogen and oxygen atoms in total. The molecule has 0 fully saturated rings. The maximum atomic E-state index is 6.00. The normalized spacial score (nSPS) is 12.5. The van der Waals surface area contributed by atoms with Crippen molar-refractivity contribution in [2.75, 3.05) is 37.1 Å². The van der Waals surface area contributed by atoms with E-state index in [4.69, 9.17) is 18.9 Å². The zero-order chi connectivity index (χ0) is 24.0. The summed E-state index contributed by atoms with van der Waals surface area (Å²) < 4.78 is 23.2. The van der Waals surface area contributed by atoms with Crippen LogP contribution in [0, 0.1) is 0 Å². The van der Waals surface area contributed by atoms with Crippen LogP contribution in [0.5, 0.6) is 23.0 Å². The number of nitrogens with one attached hydrogen (secondary N) is 2. The molecular formula is C29H30N2O4. The lowest BCUT2D eigenvalue weighted by molar-refractivity contribution is 0.208. The molecule has 2 N–H and O–H groups in total. The second-order valence-corrected chi connectivity index (χ2v) is 8.17. The van der Waals surface area contributed by atoms with Gasteiger partial charge < -0.3 is 29.6 Å². The third-order valence-corrected chi connectivity index (χ3v) is 5.85. The van der Waals surface area contributed by atoms with Gasteiger partial charge in [0.05, 0.1) is 13.2 Å². The van der Waals surface area contributed by atoms with E-state index in [1.54, 1.807) is 0 Å². The molecule has 0 atom stereocenters. The van der Waals surface area contributed by atoms with Crippen LogP contribution in [0.2, 0.25) is 0 Å². The largest absolute Gasteiger partial charge is 0.494 e. The number of anilines is 2. The molecule has 0 aliphatic carbocycles. The average molecular weight is 471 g/mol. The fraction of sp³-hybridized carbons (Fsp3) is 0.241. The molecule has 1 heterocycles. The Labute approximate surface area is 205 Å². The van der Waals surface area contributed by atoms with Gasteiger partial charge in [0, 0.05) is 16.8 Å².